The number of aryl methyl sites for hydroxylation is 2. The van der Waals surface area contributed by atoms with Crippen LogP contribution < -0.4 is 10.1 Å². The van der Waals surface area contributed by atoms with E-state index in [1.165, 1.54) is 11.1 Å². The van der Waals surface area contributed by atoms with Crippen LogP contribution in [0.5, 0.6) is 5.75 Å². The van der Waals surface area contributed by atoms with Crippen LogP contribution in [0.15, 0.2) is 46.9 Å². The Kier molecular flexibility index (Phi) is 6.22. The standard InChI is InChI=1S/C19H22BrN5O/c1-3-10-25-19(22-23-24-25)21-12-16-11-17(20)8-9-18(16)26-13-15-7-5-4-6-14(15)2/h4-9,11H,3,10,12-13H2,1-2H3,(H,21,22,24). The first-order valence-electron chi connectivity index (χ1n) is 8.63. The molecule has 0 aliphatic heterocycles. The van der Waals surface area contributed by atoms with E-state index in [4.69, 9.17) is 4.74 Å². The minimum absolute atomic E-state index is 0.537. The van der Waals surface area contributed by atoms with Crippen molar-refractivity contribution in [3.63, 3.8) is 0 Å². The van der Waals surface area contributed by atoms with Gasteiger partial charge in [-0.15, -0.1) is 0 Å². The summed E-state index contributed by atoms with van der Waals surface area (Å²) < 4.78 is 8.86. The maximum atomic E-state index is 6.09. The van der Waals surface area contributed by atoms with Crippen molar-refractivity contribution in [2.24, 2.45) is 0 Å². The molecule has 136 valence electrons. The fraction of sp³-hybridized carbons (Fsp3) is 0.316. The zero-order chi connectivity index (χ0) is 18.4. The van der Waals surface area contributed by atoms with E-state index in [0.29, 0.717) is 19.1 Å². The summed E-state index contributed by atoms with van der Waals surface area (Å²) in [7, 11) is 0. The van der Waals surface area contributed by atoms with Crippen LogP contribution in [0.3, 0.4) is 0 Å². The molecule has 1 N–H and O–H groups in total. The van der Waals surface area contributed by atoms with Gasteiger partial charge in [0.1, 0.15) is 12.4 Å². The predicted molar refractivity (Wildman–Crippen MR) is 105 cm³/mol. The van der Waals surface area contributed by atoms with E-state index in [1.54, 1.807) is 4.68 Å². The topological polar surface area (TPSA) is 64.9 Å². The van der Waals surface area contributed by atoms with Crippen molar-refractivity contribution in [2.75, 3.05) is 5.32 Å². The van der Waals surface area contributed by atoms with Gasteiger partial charge in [0, 0.05) is 23.1 Å². The fourth-order valence-corrected chi connectivity index (χ4v) is 3.03. The van der Waals surface area contributed by atoms with Crippen molar-refractivity contribution >= 4 is 21.9 Å². The van der Waals surface area contributed by atoms with Gasteiger partial charge in [0.15, 0.2) is 0 Å². The van der Waals surface area contributed by atoms with Gasteiger partial charge in [-0.1, -0.05) is 52.2 Å². The Morgan fingerprint density at radius 1 is 1.15 bits per heavy atom. The number of benzene rings is 2. The summed E-state index contributed by atoms with van der Waals surface area (Å²) in [5.41, 5.74) is 3.45. The number of hydrogen-bond acceptors (Lipinski definition) is 5. The molecule has 0 bridgehead atoms. The van der Waals surface area contributed by atoms with Gasteiger partial charge in [-0.2, -0.15) is 0 Å². The first kappa shape index (κ1) is 18.4. The molecule has 0 aliphatic rings. The fourth-order valence-electron chi connectivity index (χ4n) is 2.62. The van der Waals surface area contributed by atoms with Crippen LogP contribution >= 0.6 is 15.9 Å². The van der Waals surface area contributed by atoms with Crippen LogP contribution in [0.25, 0.3) is 0 Å². The summed E-state index contributed by atoms with van der Waals surface area (Å²) in [5.74, 6) is 1.51. The molecule has 3 aromatic rings. The molecule has 6 nitrogen and oxygen atoms in total. The number of anilines is 1. The van der Waals surface area contributed by atoms with Gasteiger partial charge >= 0.3 is 0 Å². The molecule has 3 rings (SSSR count). The Balaban J connectivity index is 1.71. The van der Waals surface area contributed by atoms with Gasteiger partial charge in [0.2, 0.25) is 5.95 Å². The van der Waals surface area contributed by atoms with Crippen LogP contribution in [0.1, 0.15) is 30.0 Å². The van der Waals surface area contributed by atoms with Crippen molar-refractivity contribution in [1.29, 1.82) is 0 Å². The maximum Gasteiger partial charge on any atom is 0.243 e. The SMILES string of the molecule is CCCn1nnnc1NCc1cc(Br)ccc1OCc1ccccc1C. The first-order valence-corrected chi connectivity index (χ1v) is 9.42. The van der Waals surface area contributed by atoms with Crippen molar-refractivity contribution in [1.82, 2.24) is 20.2 Å². The lowest BCUT2D eigenvalue weighted by Crippen LogP contribution is -2.10. The largest absolute Gasteiger partial charge is 0.489 e. The lowest BCUT2D eigenvalue weighted by atomic mass is 10.1. The molecule has 0 radical (unpaired) electrons. The molecule has 0 unspecified atom stereocenters. The monoisotopic (exact) mass is 415 g/mol. The highest BCUT2D eigenvalue weighted by atomic mass is 79.9. The zero-order valence-corrected chi connectivity index (χ0v) is 16.5. The number of nitrogens with zero attached hydrogens (tertiary/aromatic N) is 4. The smallest absolute Gasteiger partial charge is 0.243 e. The van der Waals surface area contributed by atoms with Gasteiger partial charge in [-0.25, -0.2) is 4.68 Å². The van der Waals surface area contributed by atoms with E-state index >= 15 is 0 Å². The molecule has 0 fully saturated rings. The van der Waals surface area contributed by atoms with Crippen molar-refractivity contribution in [2.45, 2.75) is 40.0 Å². The average molecular weight is 416 g/mol. The first-order chi connectivity index (χ1) is 12.7. The van der Waals surface area contributed by atoms with Crippen molar-refractivity contribution in [3.05, 3.63) is 63.6 Å². The van der Waals surface area contributed by atoms with Gasteiger partial charge < -0.3 is 10.1 Å². The lowest BCUT2D eigenvalue weighted by molar-refractivity contribution is 0.302. The Morgan fingerprint density at radius 3 is 2.81 bits per heavy atom. The van der Waals surface area contributed by atoms with Gasteiger partial charge in [0.25, 0.3) is 0 Å². The van der Waals surface area contributed by atoms with E-state index in [9.17, 15) is 0 Å². The second-order valence-electron chi connectivity index (χ2n) is 6.05. The third-order valence-corrected chi connectivity index (χ3v) is 4.56. The highest BCUT2D eigenvalue weighted by Crippen LogP contribution is 2.25. The minimum Gasteiger partial charge on any atom is -0.489 e. The molecule has 2 aromatic carbocycles. The number of ether oxygens (including phenoxy) is 1. The van der Waals surface area contributed by atoms with E-state index in [0.717, 1.165) is 28.8 Å². The number of halogens is 1. The molecule has 0 aliphatic carbocycles. The Labute approximate surface area is 161 Å². The third kappa shape index (κ3) is 4.60. The maximum absolute atomic E-state index is 6.09. The highest BCUT2D eigenvalue weighted by molar-refractivity contribution is 9.10. The molecule has 0 saturated carbocycles. The van der Waals surface area contributed by atoms with Crippen molar-refractivity contribution < 1.29 is 4.74 Å². The molecule has 1 aromatic heterocycles. The van der Waals surface area contributed by atoms with E-state index in [2.05, 4.69) is 62.8 Å². The third-order valence-electron chi connectivity index (χ3n) is 4.07. The number of tetrazole rings is 1. The van der Waals surface area contributed by atoms with Crippen LogP contribution in [0, 0.1) is 6.92 Å². The molecule has 0 spiro atoms. The van der Waals surface area contributed by atoms with E-state index < -0.39 is 0 Å². The zero-order valence-electron chi connectivity index (χ0n) is 14.9. The second-order valence-corrected chi connectivity index (χ2v) is 6.96. The van der Waals surface area contributed by atoms with Crippen LogP contribution in [-0.4, -0.2) is 20.2 Å². The predicted octanol–water partition coefficient (Wildman–Crippen LogP) is 4.35. The molecule has 0 atom stereocenters. The summed E-state index contributed by atoms with van der Waals surface area (Å²) in [6.07, 6.45) is 0.974. The molecule has 0 amide bonds. The minimum atomic E-state index is 0.537. The van der Waals surface area contributed by atoms with Crippen LogP contribution in [-0.2, 0) is 19.7 Å². The average Bonchev–Trinajstić information content (AvgIpc) is 3.08. The van der Waals surface area contributed by atoms with E-state index in [-0.39, 0.29) is 0 Å². The number of nitrogens with one attached hydrogen (secondary N) is 1. The summed E-state index contributed by atoms with van der Waals surface area (Å²) in [6.45, 7) is 6.08. The normalized spacial score (nSPS) is 10.7. The molecule has 26 heavy (non-hydrogen) atoms. The highest BCUT2D eigenvalue weighted by Gasteiger charge is 2.09. The summed E-state index contributed by atoms with van der Waals surface area (Å²) in [4.78, 5) is 0. The molecular formula is C19H22BrN5O. The summed E-state index contributed by atoms with van der Waals surface area (Å²) >= 11 is 3.53. The number of aromatic nitrogens is 4. The Bertz CT molecular complexity index is 865. The van der Waals surface area contributed by atoms with Gasteiger partial charge in [-0.3, -0.25) is 0 Å². The quantitative estimate of drug-likeness (QED) is 0.592. The Morgan fingerprint density at radius 2 is 2.00 bits per heavy atom. The Hall–Kier alpha value is -2.41. The second kappa shape index (κ2) is 8.80. The molecular weight excluding hydrogens is 394 g/mol. The lowest BCUT2D eigenvalue weighted by Gasteiger charge is -2.14. The van der Waals surface area contributed by atoms with Crippen molar-refractivity contribution in [3.8, 4) is 5.75 Å². The summed E-state index contributed by atoms with van der Waals surface area (Å²) in [5, 5.41) is 15.1. The summed E-state index contributed by atoms with van der Waals surface area (Å²) in [6, 6.07) is 14.3. The van der Waals surface area contributed by atoms with Gasteiger partial charge in [0.05, 0.1) is 0 Å². The number of rotatable bonds is 8. The molecule has 0 saturated heterocycles. The number of hydrogen-bond donors (Lipinski definition) is 1. The van der Waals surface area contributed by atoms with Gasteiger partial charge in [-0.05, 0) is 53.1 Å². The van der Waals surface area contributed by atoms with Crippen LogP contribution in [0.4, 0.5) is 5.95 Å². The van der Waals surface area contributed by atoms with E-state index in [1.807, 2.05) is 30.3 Å². The molecule has 7 heteroatoms. The molecule has 1 heterocycles. The van der Waals surface area contributed by atoms with Crippen LogP contribution in [0.2, 0.25) is 0 Å².